The van der Waals surface area contributed by atoms with E-state index in [1.54, 1.807) is 0 Å². The van der Waals surface area contributed by atoms with Gasteiger partial charge in [-0.1, -0.05) is 0 Å². The molecule has 0 fully saturated rings. The van der Waals surface area contributed by atoms with Crippen molar-refractivity contribution in [3.8, 4) is 0 Å². The molecule has 0 spiro atoms. The van der Waals surface area contributed by atoms with Gasteiger partial charge in [0.25, 0.3) is 5.91 Å². The van der Waals surface area contributed by atoms with Gasteiger partial charge in [0.05, 0.1) is 6.61 Å². The van der Waals surface area contributed by atoms with Crippen molar-refractivity contribution in [1.29, 1.82) is 0 Å². The Morgan fingerprint density at radius 1 is 1.31 bits per heavy atom. The zero-order valence-corrected chi connectivity index (χ0v) is 8.76. The molecule has 0 heterocycles. The molecule has 7 heteroatoms. The summed E-state index contributed by atoms with van der Waals surface area (Å²) < 4.78 is 9.13. The average molecular weight is 231 g/mol. The lowest BCUT2D eigenvalue weighted by atomic mass is 10.5. The van der Waals surface area contributed by atoms with Gasteiger partial charge >= 0.3 is 11.9 Å². The van der Waals surface area contributed by atoms with Crippen LogP contribution in [0.25, 0.3) is 0 Å². The van der Waals surface area contributed by atoms with Gasteiger partial charge in [0.15, 0.2) is 6.61 Å². The van der Waals surface area contributed by atoms with Gasteiger partial charge in [0, 0.05) is 25.8 Å². The number of esters is 1. The standard InChI is InChI=1S/C9H13NO6/c1-15-5-4-10-7(11)6-16-9(14)3-2-8(12)13/h2-3H,4-6H2,1H3,(H,10,11)(H,12,13)/b3-2+. The number of carboxylic acid groups (broad SMARTS) is 1. The molecule has 0 aromatic rings. The van der Waals surface area contributed by atoms with Crippen LogP contribution < -0.4 is 5.32 Å². The fourth-order valence-corrected chi connectivity index (χ4v) is 0.668. The summed E-state index contributed by atoms with van der Waals surface area (Å²) in [6, 6.07) is 0. The highest BCUT2D eigenvalue weighted by atomic mass is 16.5. The van der Waals surface area contributed by atoms with Crippen LogP contribution in [0.4, 0.5) is 0 Å². The van der Waals surface area contributed by atoms with Crippen molar-refractivity contribution in [2.24, 2.45) is 0 Å². The van der Waals surface area contributed by atoms with Gasteiger partial charge in [0.1, 0.15) is 0 Å². The lowest BCUT2D eigenvalue weighted by Gasteiger charge is -2.03. The van der Waals surface area contributed by atoms with E-state index in [4.69, 9.17) is 5.11 Å². The van der Waals surface area contributed by atoms with Crippen molar-refractivity contribution in [1.82, 2.24) is 5.32 Å². The van der Waals surface area contributed by atoms with Crippen LogP contribution in [0.15, 0.2) is 12.2 Å². The maximum Gasteiger partial charge on any atom is 0.331 e. The molecule has 0 radical (unpaired) electrons. The molecule has 1 amide bonds. The molecule has 0 aliphatic heterocycles. The van der Waals surface area contributed by atoms with Crippen molar-refractivity contribution < 1.29 is 29.0 Å². The quantitative estimate of drug-likeness (QED) is 0.329. The van der Waals surface area contributed by atoms with E-state index in [0.717, 1.165) is 6.08 Å². The lowest BCUT2D eigenvalue weighted by molar-refractivity contribution is -0.144. The molecule has 7 nitrogen and oxygen atoms in total. The van der Waals surface area contributed by atoms with E-state index in [0.29, 0.717) is 19.2 Å². The highest BCUT2D eigenvalue weighted by Gasteiger charge is 2.04. The Hall–Kier alpha value is -1.89. The van der Waals surface area contributed by atoms with Crippen LogP contribution in [0.5, 0.6) is 0 Å². The Balaban J connectivity index is 3.67. The second-order valence-corrected chi connectivity index (χ2v) is 2.62. The van der Waals surface area contributed by atoms with Crippen molar-refractivity contribution >= 4 is 17.8 Å². The number of carboxylic acids is 1. The Labute approximate surface area is 92.0 Å². The summed E-state index contributed by atoms with van der Waals surface area (Å²) in [5.41, 5.74) is 0. The van der Waals surface area contributed by atoms with Crippen LogP contribution in [-0.2, 0) is 23.9 Å². The number of hydrogen-bond donors (Lipinski definition) is 2. The second-order valence-electron chi connectivity index (χ2n) is 2.62. The Morgan fingerprint density at radius 2 is 2.00 bits per heavy atom. The summed E-state index contributed by atoms with van der Waals surface area (Å²) in [6.07, 6.45) is 1.36. The minimum Gasteiger partial charge on any atom is -0.478 e. The van der Waals surface area contributed by atoms with E-state index in [1.807, 2.05) is 0 Å². The third kappa shape index (κ3) is 8.70. The molecule has 0 aromatic carbocycles. The predicted octanol–water partition coefficient (Wildman–Crippen LogP) is -1.07. The van der Waals surface area contributed by atoms with Gasteiger partial charge in [-0.05, 0) is 0 Å². The number of aliphatic carboxylic acids is 1. The molecule has 0 aliphatic carbocycles. The zero-order valence-electron chi connectivity index (χ0n) is 8.76. The molecule has 0 bridgehead atoms. The number of rotatable bonds is 7. The van der Waals surface area contributed by atoms with E-state index >= 15 is 0 Å². The highest BCUT2D eigenvalue weighted by molar-refractivity contribution is 5.91. The molecule has 16 heavy (non-hydrogen) atoms. The van der Waals surface area contributed by atoms with E-state index in [1.165, 1.54) is 7.11 Å². The van der Waals surface area contributed by atoms with Gasteiger partial charge in [-0.2, -0.15) is 0 Å². The normalized spacial score (nSPS) is 10.1. The third-order valence-corrected chi connectivity index (χ3v) is 1.34. The SMILES string of the molecule is COCCNC(=O)COC(=O)/C=C/C(=O)O. The molecule has 0 saturated heterocycles. The van der Waals surface area contributed by atoms with Crippen molar-refractivity contribution in [3.05, 3.63) is 12.2 Å². The van der Waals surface area contributed by atoms with E-state index in [9.17, 15) is 14.4 Å². The maximum absolute atomic E-state index is 11.0. The fourth-order valence-electron chi connectivity index (χ4n) is 0.668. The Morgan fingerprint density at radius 3 is 2.56 bits per heavy atom. The van der Waals surface area contributed by atoms with Gasteiger partial charge in [0.2, 0.25) is 0 Å². The number of methoxy groups -OCH3 is 1. The number of hydrogen-bond acceptors (Lipinski definition) is 5. The summed E-state index contributed by atoms with van der Waals surface area (Å²) in [7, 11) is 1.49. The van der Waals surface area contributed by atoms with Crippen LogP contribution in [0.2, 0.25) is 0 Å². The highest BCUT2D eigenvalue weighted by Crippen LogP contribution is 1.82. The molecule has 0 rings (SSSR count). The summed E-state index contributed by atoms with van der Waals surface area (Å²) in [4.78, 5) is 31.8. The number of carbonyl (C=O) groups excluding carboxylic acids is 2. The molecule has 0 saturated carbocycles. The van der Waals surface area contributed by atoms with E-state index in [-0.39, 0.29) is 0 Å². The van der Waals surface area contributed by atoms with E-state index < -0.39 is 24.5 Å². The predicted molar refractivity (Wildman–Crippen MR) is 52.6 cm³/mol. The van der Waals surface area contributed by atoms with Crippen molar-refractivity contribution in [3.63, 3.8) is 0 Å². The maximum atomic E-state index is 11.0. The summed E-state index contributed by atoms with van der Waals surface area (Å²) in [6.45, 7) is 0.225. The van der Waals surface area contributed by atoms with Gasteiger partial charge in [-0.25, -0.2) is 9.59 Å². The smallest absolute Gasteiger partial charge is 0.331 e. The van der Waals surface area contributed by atoms with Crippen LogP contribution in [0.1, 0.15) is 0 Å². The molecule has 0 atom stereocenters. The van der Waals surface area contributed by atoms with Crippen LogP contribution in [0.3, 0.4) is 0 Å². The lowest BCUT2D eigenvalue weighted by Crippen LogP contribution is -2.31. The molecule has 0 aliphatic rings. The molecule has 2 N–H and O–H groups in total. The first-order valence-corrected chi connectivity index (χ1v) is 4.39. The largest absolute Gasteiger partial charge is 0.478 e. The minimum absolute atomic E-state index is 0.317. The first-order valence-electron chi connectivity index (χ1n) is 4.39. The number of nitrogens with one attached hydrogen (secondary N) is 1. The van der Waals surface area contributed by atoms with Crippen molar-refractivity contribution in [2.75, 3.05) is 26.9 Å². The minimum atomic E-state index is -1.26. The topological polar surface area (TPSA) is 102 Å². The van der Waals surface area contributed by atoms with Gasteiger partial charge in [-0.15, -0.1) is 0 Å². The number of carbonyl (C=O) groups is 3. The molecule has 0 aromatic heterocycles. The van der Waals surface area contributed by atoms with Crippen molar-refractivity contribution in [2.45, 2.75) is 0 Å². The molecule has 0 unspecified atom stereocenters. The molecular formula is C9H13NO6. The average Bonchev–Trinajstić information content (AvgIpc) is 2.24. The van der Waals surface area contributed by atoms with Gasteiger partial charge in [-0.3, -0.25) is 4.79 Å². The van der Waals surface area contributed by atoms with Crippen LogP contribution in [0, 0.1) is 0 Å². The summed E-state index contributed by atoms with van der Waals surface area (Å²) >= 11 is 0. The van der Waals surface area contributed by atoms with Crippen LogP contribution >= 0.6 is 0 Å². The number of ether oxygens (including phenoxy) is 2. The molecular weight excluding hydrogens is 218 g/mol. The Kier molecular flexibility index (Phi) is 7.43. The first-order chi connectivity index (χ1) is 7.56. The van der Waals surface area contributed by atoms with Crippen LogP contribution in [-0.4, -0.2) is 49.8 Å². The third-order valence-electron chi connectivity index (χ3n) is 1.34. The number of amides is 1. The van der Waals surface area contributed by atoms with Gasteiger partial charge < -0.3 is 19.9 Å². The monoisotopic (exact) mass is 231 g/mol. The fraction of sp³-hybridized carbons (Fsp3) is 0.444. The van der Waals surface area contributed by atoms with E-state index in [2.05, 4.69) is 14.8 Å². The summed E-state index contributed by atoms with van der Waals surface area (Å²) in [5.74, 6) is -2.63. The first kappa shape index (κ1) is 14.1. The zero-order chi connectivity index (χ0) is 12.4. The molecule has 90 valence electrons. The Bertz CT molecular complexity index is 286. The second kappa shape index (κ2) is 8.42. The summed E-state index contributed by atoms with van der Waals surface area (Å²) in [5, 5.41) is 10.6.